The summed E-state index contributed by atoms with van der Waals surface area (Å²) < 4.78 is 2.68. The van der Waals surface area contributed by atoms with Crippen molar-refractivity contribution in [2.24, 2.45) is 0 Å². The van der Waals surface area contributed by atoms with Gasteiger partial charge in [-0.2, -0.15) is 0 Å². The molecule has 7 aromatic rings. The molecule has 0 fully saturated rings. The van der Waals surface area contributed by atoms with Crippen LogP contribution in [-0.4, -0.2) is 4.98 Å². The van der Waals surface area contributed by atoms with Gasteiger partial charge in [0.2, 0.25) is 0 Å². The number of nitrogens with zero attached hydrogens (tertiary/aromatic N) is 1. The highest BCUT2D eigenvalue weighted by molar-refractivity contribution is 7.25. The fraction of sp³-hybridized carbons (Fsp3) is 0. The summed E-state index contributed by atoms with van der Waals surface area (Å²) in [6.07, 6.45) is 3.75. The summed E-state index contributed by atoms with van der Waals surface area (Å²) >= 11 is 1.87. The zero-order valence-corrected chi connectivity index (χ0v) is 18.6. The van der Waals surface area contributed by atoms with Crippen LogP contribution in [0.1, 0.15) is 0 Å². The van der Waals surface area contributed by atoms with Crippen molar-refractivity contribution in [2.75, 3.05) is 0 Å². The van der Waals surface area contributed by atoms with E-state index < -0.39 is 0 Å². The Morgan fingerprint density at radius 1 is 0.424 bits per heavy atom. The van der Waals surface area contributed by atoms with E-state index in [0.717, 1.165) is 0 Å². The summed E-state index contributed by atoms with van der Waals surface area (Å²) in [5, 5.41) is 7.77. The van der Waals surface area contributed by atoms with Crippen LogP contribution in [0, 0.1) is 0 Å². The molecule has 0 bridgehead atoms. The normalized spacial score (nSPS) is 11.6. The van der Waals surface area contributed by atoms with E-state index in [1.165, 1.54) is 64.0 Å². The van der Waals surface area contributed by atoms with Crippen LogP contribution in [-0.2, 0) is 0 Å². The number of thiophene rings is 1. The lowest BCUT2D eigenvalue weighted by Crippen LogP contribution is -1.90. The van der Waals surface area contributed by atoms with E-state index in [1.807, 2.05) is 23.7 Å². The molecule has 154 valence electrons. The van der Waals surface area contributed by atoms with Gasteiger partial charge in [-0.1, -0.05) is 72.8 Å². The molecule has 2 aromatic heterocycles. The molecule has 0 unspecified atom stereocenters. The summed E-state index contributed by atoms with van der Waals surface area (Å²) in [5.74, 6) is 0. The maximum atomic E-state index is 4.25. The minimum Gasteiger partial charge on any atom is -0.265 e. The molecule has 2 heteroatoms. The average molecular weight is 438 g/mol. The molecule has 0 amide bonds. The highest BCUT2D eigenvalue weighted by atomic mass is 32.1. The summed E-state index contributed by atoms with van der Waals surface area (Å²) in [5.41, 5.74) is 5.04. The van der Waals surface area contributed by atoms with Crippen molar-refractivity contribution in [1.29, 1.82) is 0 Å². The van der Waals surface area contributed by atoms with Crippen molar-refractivity contribution in [3.63, 3.8) is 0 Å². The first-order chi connectivity index (χ1) is 16.4. The first kappa shape index (κ1) is 18.6. The quantitative estimate of drug-likeness (QED) is 0.246. The van der Waals surface area contributed by atoms with Gasteiger partial charge >= 0.3 is 0 Å². The van der Waals surface area contributed by atoms with Gasteiger partial charge in [-0.3, -0.25) is 4.98 Å². The van der Waals surface area contributed by atoms with Gasteiger partial charge in [-0.05, 0) is 74.1 Å². The van der Waals surface area contributed by atoms with E-state index in [1.54, 1.807) is 0 Å². The summed E-state index contributed by atoms with van der Waals surface area (Å²) in [4.78, 5) is 4.25. The van der Waals surface area contributed by atoms with Gasteiger partial charge in [0.1, 0.15) is 0 Å². The third-order valence-corrected chi connectivity index (χ3v) is 7.72. The van der Waals surface area contributed by atoms with Crippen LogP contribution in [0.15, 0.2) is 116 Å². The maximum absolute atomic E-state index is 4.25. The van der Waals surface area contributed by atoms with Crippen LogP contribution in [0.25, 0.3) is 64.0 Å². The van der Waals surface area contributed by atoms with E-state index in [4.69, 9.17) is 0 Å². The van der Waals surface area contributed by atoms with Gasteiger partial charge in [0, 0.05) is 32.6 Å². The summed E-state index contributed by atoms with van der Waals surface area (Å²) in [7, 11) is 0. The number of pyridine rings is 1. The van der Waals surface area contributed by atoms with Gasteiger partial charge in [0.05, 0.1) is 0 Å². The molecule has 0 radical (unpaired) electrons. The van der Waals surface area contributed by atoms with Crippen LogP contribution in [0.5, 0.6) is 0 Å². The molecule has 5 aromatic carbocycles. The molecule has 1 nitrogen and oxygen atoms in total. The minimum atomic E-state index is 1.20. The Morgan fingerprint density at radius 3 is 1.58 bits per heavy atom. The van der Waals surface area contributed by atoms with E-state index in [2.05, 4.69) is 108 Å². The maximum Gasteiger partial charge on any atom is 0.0355 e. The number of hydrogen-bond donors (Lipinski definition) is 0. The summed E-state index contributed by atoms with van der Waals surface area (Å²) in [6.45, 7) is 0. The second kappa shape index (κ2) is 7.26. The first-order valence-corrected chi connectivity index (χ1v) is 12.0. The van der Waals surface area contributed by atoms with Crippen molar-refractivity contribution >= 4 is 53.1 Å². The van der Waals surface area contributed by atoms with E-state index in [0.29, 0.717) is 0 Å². The van der Waals surface area contributed by atoms with Gasteiger partial charge in [0.15, 0.2) is 0 Å². The largest absolute Gasteiger partial charge is 0.265 e. The van der Waals surface area contributed by atoms with Crippen LogP contribution in [0.2, 0.25) is 0 Å². The predicted molar refractivity (Wildman–Crippen MR) is 143 cm³/mol. The van der Waals surface area contributed by atoms with Crippen molar-refractivity contribution < 1.29 is 0 Å². The van der Waals surface area contributed by atoms with Crippen LogP contribution >= 0.6 is 11.3 Å². The van der Waals surface area contributed by atoms with Gasteiger partial charge in [-0.15, -0.1) is 11.3 Å². The lowest BCUT2D eigenvalue weighted by atomic mass is 9.86. The van der Waals surface area contributed by atoms with Crippen molar-refractivity contribution in [3.05, 3.63) is 116 Å². The Hall–Kier alpha value is -4.01. The highest BCUT2D eigenvalue weighted by Gasteiger charge is 2.17. The number of benzene rings is 5. The molecule has 0 atom stereocenters. The highest BCUT2D eigenvalue weighted by Crippen LogP contribution is 2.45. The van der Waals surface area contributed by atoms with Crippen LogP contribution in [0.3, 0.4) is 0 Å². The smallest absolute Gasteiger partial charge is 0.0355 e. The van der Waals surface area contributed by atoms with Gasteiger partial charge < -0.3 is 0 Å². The molecule has 7 rings (SSSR count). The third kappa shape index (κ3) is 2.81. The lowest BCUT2D eigenvalue weighted by molar-refractivity contribution is 1.33. The number of hydrogen-bond acceptors (Lipinski definition) is 2. The minimum absolute atomic E-state index is 1.20. The van der Waals surface area contributed by atoms with E-state index >= 15 is 0 Å². The monoisotopic (exact) mass is 437 g/mol. The molecular formula is C31H19NS. The number of aromatic nitrogens is 1. The van der Waals surface area contributed by atoms with Crippen LogP contribution < -0.4 is 0 Å². The second-order valence-corrected chi connectivity index (χ2v) is 9.47. The van der Waals surface area contributed by atoms with Gasteiger partial charge in [-0.25, -0.2) is 0 Å². The molecule has 0 spiro atoms. The topological polar surface area (TPSA) is 12.9 Å². The first-order valence-electron chi connectivity index (χ1n) is 11.1. The molecule has 33 heavy (non-hydrogen) atoms. The lowest BCUT2D eigenvalue weighted by Gasteiger charge is -2.17. The van der Waals surface area contributed by atoms with Crippen LogP contribution in [0.4, 0.5) is 0 Å². The Labute approximate surface area is 195 Å². The predicted octanol–water partition coefficient (Wildman–Crippen LogP) is 9.09. The zero-order chi connectivity index (χ0) is 21.8. The van der Waals surface area contributed by atoms with Crippen molar-refractivity contribution in [1.82, 2.24) is 4.98 Å². The molecule has 0 aliphatic heterocycles. The molecule has 0 N–H and O–H groups in total. The van der Waals surface area contributed by atoms with Crippen molar-refractivity contribution in [3.8, 4) is 22.3 Å². The number of fused-ring (bicyclic) bond motifs is 5. The molecule has 0 saturated heterocycles. The SMILES string of the molecule is c1ccc2c(c1)sc1ccc(-c3c4ccccc4c(-c4ccncc4)c4ccccc34)cc12. The van der Waals surface area contributed by atoms with Gasteiger partial charge in [0.25, 0.3) is 0 Å². The molecule has 2 heterocycles. The average Bonchev–Trinajstić information content (AvgIpc) is 3.25. The molecule has 0 aliphatic carbocycles. The zero-order valence-electron chi connectivity index (χ0n) is 17.8. The van der Waals surface area contributed by atoms with E-state index in [9.17, 15) is 0 Å². The fourth-order valence-corrected chi connectivity index (χ4v) is 6.24. The number of rotatable bonds is 2. The second-order valence-electron chi connectivity index (χ2n) is 8.39. The molecular weight excluding hydrogens is 418 g/mol. The fourth-order valence-electron chi connectivity index (χ4n) is 5.15. The van der Waals surface area contributed by atoms with Crippen molar-refractivity contribution in [2.45, 2.75) is 0 Å². The standard InChI is InChI=1S/C31H19NS/c1-3-10-25-23(8-1)30(20-15-17-32-18-16-20)24-9-2-4-11-26(24)31(25)21-13-14-29-27(19-21)22-7-5-6-12-28(22)33-29/h1-19H. The Kier molecular flexibility index (Phi) is 4.08. The summed E-state index contributed by atoms with van der Waals surface area (Å²) in [6, 6.07) is 37.5. The third-order valence-electron chi connectivity index (χ3n) is 6.57. The Bertz CT molecular complexity index is 1760. The van der Waals surface area contributed by atoms with E-state index in [-0.39, 0.29) is 0 Å². The molecule has 0 aliphatic rings. The Morgan fingerprint density at radius 2 is 0.939 bits per heavy atom. The Balaban J connectivity index is 1.63. The molecule has 0 saturated carbocycles.